The van der Waals surface area contributed by atoms with Crippen molar-refractivity contribution >= 4 is 11.6 Å². The predicted molar refractivity (Wildman–Crippen MR) is 89.0 cm³/mol. The Labute approximate surface area is 132 Å². The average Bonchev–Trinajstić information content (AvgIpc) is 2.48. The molecule has 21 heavy (non-hydrogen) atoms. The van der Waals surface area contributed by atoms with Gasteiger partial charge in [-0.05, 0) is 43.7 Å². The van der Waals surface area contributed by atoms with E-state index in [1.165, 1.54) is 11.1 Å². The van der Waals surface area contributed by atoms with Crippen molar-refractivity contribution in [2.45, 2.75) is 33.4 Å². The smallest absolute Gasteiger partial charge is 0.124 e. The van der Waals surface area contributed by atoms with Crippen molar-refractivity contribution in [3.63, 3.8) is 0 Å². The summed E-state index contributed by atoms with van der Waals surface area (Å²) < 4.78 is 5.95. The number of aryl methyl sites for hydroxylation is 1. The van der Waals surface area contributed by atoms with E-state index in [-0.39, 0.29) is 0 Å². The summed E-state index contributed by atoms with van der Waals surface area (Å²) in [5, 5.41) is 4.13. The summed E-state index contributed by atoms with van der Waals surface area (Å²) in [5.41, 5.74) is 3.53. The zero-order valence-corrected chi connectivity index (χ0v) is 13.4. The van der Waals surface area contributed by atoms with E-state index in [1.54, 1.807) is 0 Å². The largest absolute Gasteiger partial charge is 0.489 e. The second kappa shape index (κ2) is 8.06. The molecule has 0 heterocycles. The first-order valence-corrected chi connectivity index (χ1v) is 7.74. The standard InChI is InChI=1S/C18H22ClNO/c1-3-10-20-12-16-11-17(19)8-9-18(16)21-13-15-6-4-14(2)5-7-15/h4-9,11,20H,3,10,12-13H2,1-2H3. The van der Waals surface area contributed by atoms with E-state index in [2.05, 4.69) is 43.4 Å². The van der Waals surface area contributed by atoms with Crippen molar-refractivity contribution in [2.75, 3.05) is 6.54 Å². The average molecular weight is 304 g/mol. The lowest BCUT2D eigenvalue weighted by Gasteiger charge is -2.13. The second-order valence-electron chi connectivity index (χ2n) is 5.20. The van der Waals surface area contributed by atoms with Gasteiger partial charge < -0.3 is 10.1 Å². The third-order valence-corrected chi connectivity index (χ3v) is 3.51. The molecule has 0 aliphatic carbocycles. The van der Waals surface area contributed by atoms with Crippen LogP contribution < -0.4 is 10.1 Å². The highest BCUT2D eigenvalue weighted by molar-refractivity contribution is 6.30. The van der Waals surface area contributed by atoms with Crippen molar-refractivity contribution in [2.24, 2.45) is 0 Å². The number of benzene rings is 2. The number of ether oxygens (including phenoxy) is 1. The van der Waals surface area contributed by atoms with Gasteiger partial charge in [0.05, 0.1) is 0 Å². The lowest BCUT2D eigenvalue weighted by Crippen LogP contribution is -2.14. The fourth-order valence-corrected chi connectivity index (χ4v) is 2.27. The quantitative estimate of drug-likeness (QED) is 0.747. The number of nitrogens with one attached hydrogen (secondary N) is 1. The van der Waals surface area contributed by atoms with Gasteiger partial charge >= 0.3 is 0 Å². The Morgan fingerprint density at radius 3 is 2.57 bits per heavy atom. The summed E-state index contributed by atoms with van der Waals surface area (Å²) in [5.74, 6) is 0.892. The van der Waals surface area contributed by atoms with Crippen molar-refractivity contribution < 1.29 is 4.74 Å². The van der Waals surface area contributed by atoms with Crippen LogP contribution in [0.3, 0.4) is 0 Å². The molecule has 112 valence electrons. The minimum Gasteiger partial charge on any atom is -0.489 e. The third-order valence-electron chi connectivity index (χ3n) is 3.28. The minimum atomic E-state index is 0.572. The van der Waals surface area contributed by atoms with Crippen LogP contribution in [0.1, 0.15) is 30.0 Å². The molecule has 0 saturated carbocycles. The summed E-state index contributed by atoms with van der Waals surface area (Å²) >= 11 is 6.08. The lowest BCUT2D eigenvalue weighted by atomic mass is 10.1. The van der Waals surface area contributed by atoms with E-state index in [9.17, 15) is 0 Å². The third kappa shape index (κ3) is 5.07. The second-order valence-corrected chi connectivity index (χ2v) is 5.64. The summed E-state index contributed by atoms with van der Waals surface area (Å²) in [7, 11) is 0. The van der Waals surface area contributed by atoms with Gasteiger partial charge in [-0.2, -0.15) is 0 Å². The number of hydrogen-bond donors (Lipinski definition) is 1. The van der Waals surface area contributed by atoms with Crippen LogP contribution >= 0.6 is 11.6 Å². The Balaban J connectivity index is 2.02. The summed E-state index contributed by atoms with van der Waals surface area (Å²) in [6.07, 6.45) is 1.11. The summed E-state index contributed by atoms with van der Waals surface area (Å²) in [6, 6.07) is 14.2. The normalized spacial score (nSPS) is 10.6. The van der Waals surface area contributed by atoms with Crippen LogP contribution in [0.4, 0.5) is 0 Å². The molecule has 0 radical (unpaired) electrons. The molecular formula is C18H22ClNO. The van der Waals surface area contributed by atoms with Gasteiger partial charge in [0.1, 0.15) is 12.4 Å². The van der Waals surface area contributed by atoms with E-state index >= 15 is 0 Å². The maximum Gasteiger partial charge on any atom is 0.124 e. The molecule has 2 rings (SSSR count). The van der Waals surface area contributed by atoms with E-state index in [0.717, 1.165) is 35.8 Å². The van der Waals surface area contributed by atoms with Crippen molar-refractivity contribution in [3.8, 4) is 5.75 Å². The minimum absolute atomic E-state index is 0.572. The molecule has 0 saturated heterocycles. The number of rotatable bonds is 7. The molecule has 0 fully saturated rings. The fourth-order valence-electron chi connectivity index (χ4n) is 2.07. The van der Waals surface area contributed by atoms with Crippen LogP contribution in [0.5, 0.6) is 5.75 Å². The first-order chi connectivity index (χ1) is 10.2. The van der Waals surface area contributed by atoms with Crippen LogP contribution in [0.25, 0.3) is 0 Å². The number of hydrogen-bond acceptors (Lipinski definition) is 2. The van der Waals surface area contributed by atoms with Crippen LogP contribution in [0, 0.1) is 6.92 Å². The van der Waals surface area contributed by atoms with Crippen molar-refractivity contribution in [3.05, 3.63) is 64.2 Å². The maximum absolute atomic E-state index is 6.08. The Morgan fingerprint density at radius 2 is 1.86 bits per heavy atom. The molecule has 0 aliphatic rings. The van der Waals surface area contributed by atoms with Crippen LogP contribution in [-0.4, -0.2) is 6.54 Å². The van der Waals surface area contributed by atoms with Gasteiger partial charge in [-0.3, -0.25) is 0 Å². The van der Waals surface area contributed by atoms with Gasteiger partial charge in [0, 0.05) is 17.1 Å². The summed E-state index contributed by atoms with van der Waals surface area (Å²) in [4.78, 5) is 0. The zero-order chi connectivity index (χ0) is 15.1. The molecule has 0 unspecified atom stereocenters. The molecule has 0 spiro atoms. The van der Waals surface area contributed by atoms with E-state index in [0.29, 0.717) is 6.61 Å². The van der Waals surface area contributed by atoms with Crippen LogP contribution in [0.15, 0.2) is 42.5 Å². The highest BCUT2D eigenvalue weighted by atomic mass is 35.5. The Morgan fingerprint density at radius 1 is 1.10 bits per heavy atom. The Hall–Kier alpha value is -1.51. The molecule has 3 heteroatoms. The van der Waals surface area contributed by atoms with Crippen LogP contribution in [0.2, 0.25) is 5.02 Å². The Bertz CT molecular complexity index is 566. The molecule has 1 N–H and O–H groups in total. The number of halogens is 1. The van der Waals surface area contributed by atoms with Gasteiger partial charge in [-0.25, -0.2) is 0 Å². The topological polar surface area (TPSA) is 21.3 Å². The summed E-state index contributed by atoms with van der Waals surface area (Å²) in [6.45, 7) is 6.57. The first-order valence-electron chi connectivity index (χ1n) is 7.36. The molecule has 2 nitrogen and oxygen atoms in total. The molecule has 0 amide bonds. The van der Waals surface area contributed by atoms with Gasteiger partial charge in [-0.1, -0.05) is 48.4 Å². The highest BCUT2D eigenvalue weighted by Gasteiger charge is 2.05. The molecule has 0 aliphatic heterocycles. The van der Waals surface area contributed by atoms with Gasteiger partial charge in [0.2, 0.25) is 0 Å². The molecule has 0 bridgehead atoms. The molecule has 0 aromatic heterocycles. The van der Waals surface area contributed by atoms with Gasteiger partial charge in [-0.15, -0.1) is 0 Å². The lowest BCUT2D eigenvalue weighted by molar-refractivity contribution is 0.302. The Kier molecular flexibility index (Phi) is 6.09. The van der Waals surface area contributed by atoms with Crippen molar-refractivity contribution in [1.29, 1.82) is 0 Å². The van der Waals surface area contributed by atoms with Crippen molar-refractivity contribution in [1.82, 2.24) is 5.32 Å². The molecule has 0 atom stereocenters. The van der Waals surface area contributed by atoms with Gasteiger partial charge in [0.15, 0.2) is 0 Å². The predicted octanol–water partition coefficient (Wildman–Crippen LogP) is 4.73. The fraction of sp³-hybridized carbons (Fsp3) is 0.333. The van der Waals surface area contributed by atoms with Gasteiger partial charge in [0.25, 0.3) is 0 Å². The molecule has 2 aromatic rings. The monoisotopic (exact) mass is 303 g/mol. The van der Waals surface area contributed by atoms with E-state index < -0.39 is 0 Å². The van der Waals surface area contributed by atoms with E-state index in [1.807, 2.05) is 18.2 Å². The zero-order valence-electron chi connectivity index (χ0n) is 12.7. The highest BCUT2D eigenvalue weighted by Crippen LogP contribution is 2.24. The maximum atomic E-state index is 6.08. The molecule has 2 aromatic carbocycles. The van der Waals surface area contributed by atoms with Crippen LogP contribution in [-0.2, 0) is 13.2 Å². The van der Waals surface area contributed by atoms with E-state index in [4.69, 9.17) is 16.3 Å². The molecular weight excluding hydrogens is 282 g/mol. The first kappa shape index (κ1) is 15.9. The SMILES string of the molecule is CCCNCc1cc(Cl)ccc1OCc1ccc(C)cc1.